The van der Waals surface area contributed by atoms with Gasteiger partial charge in [0.2, 0.25) is 10.0 Å². The van der Waals surface area contributed by atoms with Crippen LogP contribution >= 0.6 is 0 Å². The summed E-state index contributed by atoms with van der Waals surface area (Å²) in [7, 11) is -3.37. The molecule has 1 aliphatic rings. The lowest BCUT2D eigenvalue weighted by molar-refractivity contribution is 0.380. The van der Waals surface area contributed by atoms with Crippen molar-refractivity contribution in [3.8, 4) is 5.69 Å². The number of sulfonamides is 1. The minimum absolute atomic E-state index is 0.00728. The number of nitrogens with zero attached hydrogens (tertiary/aromatic N) is 4. The largest absolute Gasteiger partial charge is 0.367 e. The lowest BCUT2D eigenvalue weighted by Crippen LogP contribution is -2.51. The molecule has 1 fully saturated rings. The van der Waals surface area contributed by atoms with E-state index >= 15 is 0 Å². The monoisotopic (exact) mass is 502 g/mol. The molecule has 4 rings (SSSR count). The van der Waals surface area contributed by atoms with Crippen molar-refractivity contribution >= 4 is 15.7 Å². The van der Waals surface area contributed by atoms with Crippen LogP contribution in [0, 0.1) is 11.6 Å². The van der Waals surface area contributed by atoms with Crippen LogP contribution in [-0.2, 0) is 22.9 Å². The van der Waals surface area contributed by atoms with E-state index in [0.717, 1.165) is 28.4 Å². The first-order chi connectivity index (χ1) is 16.7. The molecule has 0 spiro atoms. The fraction of sp³-hybridized carbons (Fsp3) is 0.360. The van der Waals surface area contributed by atoms with Gasteiger partial charge in [0.05, 0.1) is 22.8 Å². The van der Waals surface area contributed by atoms with E-state index in [4.69, 9.17) is 0 Å². The van der Waals surface area contributed by atoms with Crippen LogP contribution in [0.3, 0.4) is 0 Å². The predicted octanol–water partition coefficient (Wildman–Crippen LogP) is 3.16. The number of aromatic nitrogens is 2. The van der Waals surface area contributed by atoms with Crippen LogP contribution in [0.5, 0.6) is 0 Å². The second kappa shape index (κ2) is 10.2. The number of halogens is 2. The number of hydrogen-bond donors (Lipinski definition) is 0. The normalized spacial score (nSPS) is 15.1. The summed E-state index contributed by atoms with van der Waals surface area (Å²) in [6.07, 6.45) is 2.51. The zero-order valence-corrected chi connectivity index (χ0v) is 20.5. The molecule has 0 aliphatic carbocycles. The molecule has 1 aliphatic heterocycles. The Labute approximate surface area is 203 Å². The quantitative estimate of drug-likeness (QED) is 0.496. The summed E-state index contributed by atoms with van der Waals surface area (Å²) in [4.78, 5) is 15.5. The molecule has 186 valence electrons. The molecule has 7 nitrogen and oxygen atoms in total. The maximum Gasteiger partial charge on any atom is 0.276 e. The Bertz CT molecular complexity index is 1330. The van der Waals surface area contributed by atoms with Crippen LogP contribution < -0.4 is 10.5 Å². The summed E-state index contributed by atoms with van der Waals surface area (Å²) in [6, 6.07) is 12.6. The molecule has 1 saturated heterocycles. The van der Waals surface area contributed by atoms with Crippen LogP contribution in [-0.4, -0.2) is 53.9 Å². The van der Waals surface area contributed by atoms with E-state index in [0.29, 0.717) is 50.3 Å². The highest BCUT2D eigenvalue weighted by molar-refractivity contribution is 7.89. The Morgan fingerprint density at radius 3 is 2.17 bits per heavy atom. The van der Waals surface area contributed by atoms with Gasteiger partial charge in [-0.1, -0.05) is 30.3 Å². The predicted molar refractivity (Wildman–Crippen MR) is 131 cm³/mol. The van der Waals surface area contributed by atoms with Gasteiger partial charge in [-0.3, -0.25) is 4.79 Å². The van der Waals surface area contributed by atoms with Gasteiger partial charge in [-0.05, 0) is 44.4 Å². The zero-order valence-electron chi connectivity index (χ0n) is 19.7. The Morgan fingerprint density at radius 1 is 0.943 bits per heavy atom. The fourth-order valence-electron chi connectivity index (χ4n) is 4.23. The summed E-state index contributed by atoms with van der Waals surface area (Å²) in [6.45, 7) is 4.73. The second-order valence-electron chi connectivity index (χ2n) is 8.82. The van der Waals surface area contributed by atoms with Gasteiger partial charge >= 0.3 is 0 Å². The Morgan fingerprint density at radius 2 is 1.57 bits per heavy atom. The van der Waals surface area contributed by atoms with E-state index in [1.54, 1.807) is 13.8 Å². The van der Waals surface area contributed by atoms with E-state index in [1.807, 2.05) is 35.2 Å². The summed E-state index contributed by atoms with van der Waals surface area (Å²) in [5, 5.41) is 3.71. The minimum atomic E-state index is -3.37. The van der Waals surface area contributed by atoms with Crippen molar-refractivity contribution in [3.05, 3.63) is 87.8 Å². The Hall–Kier alpha value is -3.11. The van der Waals surface area contributed by atoms with Crippen LogP contribution in [0.1, 0.15) is 25.0 Å². The molecule has 3 aromatic rings. The van der Waals surface area contributed by atoms with E-state index in [2.05, 4.69) is 5.10 Å². The summed E-state index contributed by atoms with van der Waals surface area (Å²) in [5.74, 6) is -1.60. The van der Waals surface area contributed by atoms with E-state index in [-0.39, 0.29) is 5.69 Å². The van der Waals surface area contributed by atoms with Crippen LogP contribution in [0.25, 0.3) is 5.69 Å². The van der Waals surface area contributed by atoms with E-state index in [9.17, 15) is 22.0 Å². The van der Waals surface area contributed by atoms with Crippen molar-refractivity contribution in [1.82, 2.24) is 14.1 Å². The maximum atomic E-state index is 13.8. The molecule has 0 N–H and O–H groups in total. The number of piperazine rings is 1. The highest BCUT2D eigenvalue weighted by Crippen LogP contribution is 2.23. The van der Waals surface area contributed by atoms with Gasteiger partial charge in [0.15, 0.2) is 0 Å². The smallest absolute Gasteiger partial charge is 0.276 e. The fourth-order valence-corrected chi connectivity index (χ4v) is 5.50. The zero-order chi connectivity index (χ0) is 25.2. The van der Waals surface area contributed by atoms with E-state index < -0.39 is 32.5 Å². The summed E-state index contributed by atoms with van der Waals surface area (Å²) < 4.78 is 55.2. The lowest BCUT2D eigenvalue weighted by atomic mass is 10.0. The summed E-state index contributed by atoms with van der Waals surface area (Å²) >= 11 is 0. The first kappa shape index (κ1) is 25.0. The minimum Gasteiger partial charge on any atom is -0.367 e. The van der Waals surface area contributed by atoms with Crippen molar-refractivity contribution in [2.45, 2.75) is 31.9 Å². The molecule has 10 heteroatoms. The van der Waals surface area contributed by atoms with Crippen molar-refractivity contribution in [2.75, 3.05) is 31.1 Å². The third kappa shape index (κ3) is 5.43. The number of benzene rings is 2. The van der Waals surface area contributed by atoms with Crippen molar-refractivity contribution in [1.29, 1.82) is 0 Å². The first-order valence-corrected chi connectivity index (χ1v) is 13.0. The van der Waals surface area contributed by atoms with Crippen molar-refractivity contribution in [3.63, 3.8) is 0 Å². The van der Waals surface area contributed by atoms with E-state index in [1.165, 1.54) is 10.5 Å². The molecule has 0 radical (unpaired) electrons. The summed E-state index contributed by atoms with van der Waals surface area (Å²) in [5.41, 5.74) is 1.67. The van der Waals surface area contributed by atoms with Gasteiger partial charge in [-0.2, -0.15) is 14.1 Å². The standard InChI is InChI=1S/C25H28F2N4O3S/c1-18(2)35(33,34)30-12-10-29(11-13-30)24-17-28-31(22-15-20(26)14-21(27)16-22)25(32)23(24)9-8-19-6-4-3-5-7-19/h3-7,14-18H,8-13H2,1-2H3. The SMILES string of the molecule is CC(C)S(=O)(=O)N1CCN(c2cnn(-c3cc(F)cc(F)c3)c(=O)c2CCc2ccccc2)CC1. The molecule has 2 aromatic carbocycles. The molecular weight excluding hydrogens is 474 g/mol. The third-order valence-corrected chi connectivity index (χ3v) is 8.46. The van der Waals surface area contributed by atoms with Gasteiger partial charge < -0.3 is 4.90 Å². The number of anilines is 1. The van der Waals surface area contributed by atoms with Gasteiger partial charge in [0, 0.05) is 37.8 Å². The Kier molecular flexibility index (Phi) is 7.32. The van der Waals surface area contributed by atoms with Crippen LogP contribution in [0.4, 0.5) is 14.5 Å². The molecule has 0 bridgehead atoms. The molecule has 1 aromatic heterocycles. The van der Waals surface area contributed by atoms with Gasteiger partial charge in [0.1, 0.15) is 11.6 Å². The molecule has 35 heavy (non-hydrogen) atoms. The first-order valence-electron chi connectivity index (χ1n) is 11.5. The van der Waals surface area contributed by atoms with Crippen LogP contribution in [0.15, 0.2) is 59.5 Å². The molecule has 0 atom stereocenters. The number of hydrogen-bond acceptors (Lipinski definition) is 5. The average Bonchev–Trinajstić information content (AvgIpc) is 2.83. The topological polar surface area (TPSA) is 75.5 Å². The lowest BCUT2D eigenvalue weighted by Gasteiger charge is -2.36. The van der Waals surface area contributed by atoms with Gasteiger partial charge in [-0.25, -0.2) is 17.2 Å². The molecule has 0 unspecified atom stereocenters. The number of aryl methyl sites for hydroxylation is 1. The van der Waals surface area contributed by atoms with Gasteiger partial charge in [-0.15, -0.1) is 0 Å². The number of rotatable bonds is 7. The highest BCUT2D eigenvalue weighted by Gasteiger charge is 2.30. The van der Waals surface area contributed by atoms with Gasteiger partial charge in [0.25, 0.3) is 5.56 Å². The third-order valence-electron chi connectivity index (χ3n) is 6.19. The Balaban J connectivity index is 1.68. The highest BCUT2D eigenvalue weighted by atomic mass is 32.2. The maximum absolute atomic E-state index is 13.8. The molecule has 0 saturated carbocycles. The molecule has 2 heterocycles. The van der Waals surface area contributed by atoms with Crippen LogP contribution in [0.2, 0.25) is 0 Å². The molecule has 0 amide bonds. The average molecular weight is 503 g/mol. The molecular formula is C25H28F2N4O3S. The van der Waals surface area contributed by atoms with Crippen molar-refractivity contribution < 1.29 is 17.2 Å². The second-order valence-corrected chi connectivity index (χ2v) is 11.3. The van der Waals surface area contributed by atoms with Crippen molar-refractivity contribution in [2.24, 2.45) is 0 Å².